The fraction of sp³-hybridized carbons (Fsp3) is 0.536. The number of piperidine rings is 1. The Hall–Kier alpha value is -2.61. The summed E-state index contributed by atoms with van der Waals surface area (Å²) in [5.74, 6) is 1.52. The summed E-state index contributed by atoms with van der Waals surface area (Å²) >= 11 is 0. The number of methoxy groups -OCH3 is 1. The summed E-state index contributed by atoms with van der Waals surface area (Å²) in [7, 11) is 1.61. The van der Waals surface area contributed by atoms with Crippen molar-refractivity contribution in [2.45, 2.75) is 58.3 Å². The Balaban J connectivity index is 1.50. The topological polar surface area (TPSA) is 82.5 Å². The number of carbonyl (C=O) groups is 1. The van der Waals surface area contributed by atoms with Crippen LogP contribution in [0.3, 0.4) is 0 Å². The normalized spacial score (nSPS) is 18.9. The van der Waals surface area contributed by atoms with Gasteiger partial charge in [-0.05, 0) is 93.6 Å². The Labute approximate surface area is 208 Å². The molecule has 0 spiro atoms. The van der Waals surface area contributed by atoms with Gasteiger partial charge in [0, 0.05) is 12.2 Å². The van der Waals surface area contributed by atoms with Crippen LogP contribution in [-0.2, 0) is 23.4 Å². The first kappa shape index (κ1) is 25.5. The number of aliphatic hydroxyl groups excluding tert-OH is 1. The first-order valence-corrected chi connectivity index (χ1v) is 12.6. The van der Waals surface area contributed by atoms with Crippen molar-refractivity contribution in [3.63, 3.8) is 0 Å². The van der Waals surface area contributed by atoms with Crippen molar-refractivity contribution in [3.8, 4) is 11.5 Å². The molecule has 1 amide bonds. The third kappa shape index (κ3) is 5.47. The Morgan fingerprint density at radius 1 is 1.09 bits per heavy atom. The summed E-state index contributed by atoms with van der Waals surface area (Å²) in [6, 6.07) is 11.6. The van der Waals surface area contributed by atoms with Crippen LogP contribution >= 0.6 is 0 Å². The minimum absolute atomic E-state index is 0.0190. The average molecular weight is 483 g/mol. The molecule has 0 saturated carbocycles. The number of carbonyl (C=O) groups excluding carboxylic acids is 1. The molecule has 2 aliphatic heterocycles. The van der Waals surface area contributed by atoms with Crippen LogP contribution in [0.2, 0.25) is 0 Å². The van der Waals surface area contributed by atoms with E-state index in [1.165, 1.54) is 0 Å². The minimum Gasteiger partial charge on any atom is -0.493 e. The highest BCUT2D eigenvalue weighted by atomic mass is 16.5. The van der Waals surface area contributed by atoms with Crippen LogP contribution < -0.4 is 14.4 Å². The Morgan fingerprint density at radius 2 is 1.74 bits per heavy atom. The largest absolute Gasteiger partial charge is 0.493 e. The summed E-state index contributed by atoms with van der Waals surface area (Å²) in [5, 5.41) is 20.6. The molecule has 0 bridgehead atoms. The molecule has 7 nitrogen and oxygen atoms in total. The van der Waals surface area contributed by atoms with Gasteiger partial charge in [-0.3, -0.25) is 4.79 Å². The average Bonchev–Trinajstić information content (AvgIpc) is 2.84. The molecular formula is C28H38N2O5. The fourth-order valence-corrected chi connectivity index (χ4v) is 5.29. The zero-order valence-corrected chi connectivity index (χ0v) is 21.3. The third-order valence-electron chi connectivity index (χ3n) is 7.38. The highest BCUT2D eigenvalue weighted by molar-refractivity contribution is 5.96. The van der Waals surface area contributed by atoms with E-state index in [1.54, 1.807) is 12.0 Å². The molecule has 35 heavy (non-hydrogen) atoms. The van der Waals surface area contributed by atoms with Gasteiger partial charge in [0.2, 0.25) is 5.91 Å². The summed E-state index contributed by atoms with van der Waals surface area (Å²) in [6.07, 6.45) is 2.10. The molecule has 190 valence electrons. The van der Waals surface area contributed by atoms with E-state index in [0.717, 1.165) is 48.3 Å². The van der Waals surface area contributed by atoms with Gasteiger partial charge in [-0.25, -0.2) is 0 Å². The molecule has 0 aliphatic carbocycles. The van der Waals surface area contributed by atoms with Crippen LogP contribution in [0.4, 0.5) is 5.69 Å². The predicted octanol–water partition coefficient (Wildman–Crippen LogP) is 3.48. The lowest BCUT2D eigenvalue weighted by atomic mass is 9.77. The second kappa shape index (κ2) is 10.6. The monoisotopic (exact) mass is 482 g/mol. The van der Waals surface area contributed by atoms with Crippen LogP contribution in [0.1, 0.15) is 50.3 Å². The molecule has 2 aliphatic rings. The maximum atomic E-state index is 13.0. The van der Waals surface area contributed by atoms with Crippen LogP contribution in [0, 0.1) is 5.92 Å². The van der Waals surface area contributed by atoms with Crippen molar-refractivity contribution >= 4 is 11.6 Å². The van der Waals surface area contributed by atoms with E-state index >= 15 is 0 Å². The van der Waals surface area contributed by atoms with E-state index in [0.29, 0.717) is 31.0 Å². The summed E-state index contributed by atoms with van der Waals surface area (Å²) in [6.45, 7) is 8.93. The summed E-state index contributed by atoms with van der Waals surface area (Å²) in [4.78, 5) is 17.0. The number of hydrogen-bond donors (Lipinski definition) is 2. The van der Waals surface area contributed by atoms with Gasteiger partial charge in [-0.15, -0.1) is 0 Å². The van der Waals surface area contributed by atoms with Crippen LogP contribution in [0.15, 0.2) is 36.4 Å². The number of nitrogens with zero attached hydrogens (tertiary/aromatic N) is 2. The number of rotatable bonds is 8. The number of anilines is 1. The predicted molar refractivity (Wildman–Crippen MR) is 136 cm³/mol. The maximum Gasteiger partial charge on any atom is 0.231 e. The smallest absolute Gasteiger partial charge is 0.231 e. The standard InChI is InChI=1S/C28H38N2O5/c1-19(2)35-26-16-21-18-30(27(32)17-20(21)15-25(26)34-4)24-7-5-22(6-8-24)28(3,33)23-9-11-29(12-10-23)13-14-31/h5-8,15-16,19,23,31,33H,9-14,17-18H2,1-4H3/t28-/m0/s1. The highest BCUT2D eigenvalue weighted by Gasteiger charge is 2.36. The van der Waals surface area contributed by atoms with E-state index < -0.39 is 5.60 Å². The lowest BCUT2D eigenvalue weighted by molar-refractivity contribution is -0.118. The number of hydrogen-bond acceptors (Lipinski definition) is 6. The number of aliphatic hydroxyl groups is 2. The second-order valence-electron chi connectivity index (χ2n) is 10.1. The van der Waals surface area contributed by atoms with Gasteiger partial charge >= 0.3 is 0 Å². The first-order chi connectivity index (χ1) is 16.7. The van der Waals surface area contributed by atoms with Crippen molar-refractivity contribution < 1.29 is 24.5 Å². The molecule has 1 fully saturated rings. The number of amides is 1. The number of likely N-dealkylation sites (tertiary alicyclic amines) is 1. The number of β-amino-alcohol motifs (C(OH)–C–C–N with tert-alkyl or cyclic N) is 1. The molecule has 0 aromatic heterocycles. The van der Waals surface area contributed by atoms with Crippen molar-refractivity contribution in [1.82, 2.24) is 4.90 Å². The lowest BCUT2D eigenvalue weighted by Crippen LogP contribution is -2.42. The quantitative estimate of drug-likeness (QED) is 0.600. The van der Waals surface area contributed by atoms with Crippen LogP contribution in [0.25, 0.3) is 0 Å². The summed E-state index contributed by atoms with van der Waals surface area (Å²) < 4.78 is 11.4. The first-order valence-electron chi connectivity index (χ1n) is 12.6. The Morgan fingerprint density at radius 3 is 2.34 bits per heavy atom. The number of fused-ring (bicyclic) bond motifs is 1. The molecule has 0 unspecified atom stereocenters. The van der Waals surface area contributed by atoms with Crippen molar-refractivity contribution in [3.05, 3.63) is 53.1 Å². The Bertz CT molecular complexity index is 1030. The van der Waals surface area contributed by atoms with Crippen LogP contribution in [-0.4, -0.2) is 60.5 Å². The van der Waals surface area contributed by atoms with Crippen molar-refractivity contribution in [1.29, 1.82) is 0 Å². The van der Waals surface area contributed by atoms with E-state index in [-0.39, 0.29) is 24.5 Å². The van der Waals surface area contributed by atoms with E-state index in [4.69, 9.17) is 14.6 Å². The molecule has 0 radical (unpaired) electrons. The minimum atomic E-state index is -0.942. The molecular weight excluding hydrogens is 444 g/mol. The number of benzene rings is 2. The molecule has 2 aromatic carbocycles. The van der Waals surface area contributed by atoms with Gasteiger partial charge in [0.05, 0.1) is 38.4 Å². The van der Waals surface area contributed by atoms with Crippen molar-refractivity contribution in [2.75, 3.05) is 38.3 Å². The van der Waals surface area contributed by atoms with Crippen molar-refractivity contribution in [2.24, 2.45) is 5.92 Å². The Kier molecular flexibility index (Phi) is 7.69. The zero-order valence-electron chi connectivity index (χ0n) is 21.3. The van der Waals surface area contributed by atoms with Gasteiger partial charge < -0.3 is 29.5 Å². The lowest BCUT2D eigenvalue weighted by Gasteiger charge is -2.40. The van der Waals surface area contributed by atoms with Gasteiger partial charge in [-0.1, -0.05) is 12.1 Å². The molecule has 1 saturated heterocycles. The highest BCUT2D eigenvalue weighted by Crippen LogP contribution is 2.38. The fourth-order valence-electron chi connectivity index (χ4n) is 5.29. The number of ether oxygens (including phenoxy) is 2. The second-order valence-corrected chi connectivity index (χ2v) is 10.1. The van der Waals surface area contributed by atoms with Gasteiger partial charge in [0.1, 0.15) is 0 Å². The van der Waals surface area contributed by atoms with Crippen LogP contribution in [0.5, 0.6) is 11.5 Å². The van der Waals surface area contributed by atoms with Gasteiger partial charge in [0.15, 0.2) is 11.5 Å². The van der Waals surface area contributed by atoms with E-state index in [1.807, 2.05) is 57.2 Å². The molecule has 2 aromatic rings. The molecule has 2 N–H and O–H groups in total. The molecule has 1 atom stereocenters. The van der Waals surface area contributed by atoms with E-state index in [9.17, 15) is 9.90 Å². The third-order valence-corrected chi connectivity index (χ3v) is 7.38. The molecule has 4 rings (SSSR count). The van der Waals surface area contributed by atoms with Gasteiger partial charge in [-0.2, -0.15) is 0 Å². The maximum absolute atomic E-state index is 13.0. The SMILES string of the molecule is COc1cc2c(cc1OC(C)C)CN(c1ccc([C@](C)(O)C3CCN(CCO)CC3)cc1)C(=O)C2. The molecule has 2 heterocycles. The van der Waals surface area contributed by atoms with Gasteiger partial charge in [0.25, 0.3) is 0 Å². The van der Waals surface area contributed by atoms with E-state index in [2.05, 4.69) is 4.90 Å². The zero-order chi connectivity index (χ0) is 25.2. The molecule has 7 heteroatoms. The summed E-state index contributed by atoms with van der Waals surface area (Å²) in [5.41, 5.74) is 2.75.